The van der Waals surface area contributed by atoms with E-state index in [2.05, 4.69) is 32.1 Å². The smallest absolute Gasteiger partial charge is 0.221 e. The van der Waals surface area contributed by atoms with Crippen LogP contribution in [-0.2, 0) is 26.3 Å². The Morgan fingerprint density at radius 2 is 1.98 bits per heavy atom. The molecule has 5 N–H and O–H groups in total. The summed E-state index contributed by atoms with van der Waals surface area (Å²) in [6.45, 7) is 0.737. The van der Waals surface area contributed by atoms with Crippen LogP contribution >= 0.6 is 0 Å². The van der Waals surface area contributed by atoms with Crippen LogP contribution in [0, 0.1) is 0 Å². The van der Waals surface area contributed by atoms with Crippen LogP contribution < -0.4 is 20.9 Å². The number of fused-ring (bicyclic) bond motifs is 1. The zero-order valence-corrected chi connectivity index (χ0v) is 23.9. The molecule has 5 rings (SSSR count). The van der Waals surface area contributed by atoms with Gasteiger partial charge in [-0.25, -0.2) is 4.98 Å². The van der Waals surface area contributed by atoms with E-state index < -0.39 is 0 Å². The average Bonchev–Trinajstić information content (AvgIpc) is 3.35. The third-order valence-corrected chi connectivity index (χ3v) is 7.47. The normalized spacial score (nSPS) is 14.7. The maximum Gasteiger partial charge on any atom is 0.221 e. The summed E-state index contributed by atoms with van der Waals surface area (Å²) >= 11 is 0. The Morgan fingerprint density at radius 3 is 2.71 bits per heavy atom. The average molecular weight is 570 g/mol. The maximum absolute atomic E-state index is 13.7. The number of carbonyl (C=O) groups is 1. The van der Waals surface area contributed by atoms with Gasteiger partial charge in [0.15, 0.2) is 17.3 Å². The lowest BCUT2D eigenvalue weighted by Crippen LogP contribution is -2.33. The van der Waals surface area contributed by atoms with Gasteiger partial charge in [-0.1, -0.05) is 24.3 Å². The summed E-state index contributed by atoms with van der Waals surface area (Å²) in [5, 5.41) is 14.1. The molecule has 2 aromatic carbocycles. The molecule has 0 radical (unpaired) electrons. The van der Waals surface area contributed by atoms with Crippen molar-refractivity contribution in [3.05, 3.63) is 100 Å². The number of anilines is 2. The zero-order valence-electron chi connectivity index (χ0n) is 23.9. The van der Waals surface area contributed by atoms with Gasteiger partial charge in [-0.2, -0.15) is 10.1 Å². The largest absolute Gasteiger partial charge is 0.493 e. The van der Waals surface area contributed by atoms with Crippen LogP contribution in [0.15, 0.2) is 60.9 Å². The monoisotopic (exact) mass is 569 g/mol. The van der Waals surface area contributed by atoms with Gasteiger partial charge < -0.3 is 30.9 Å². The van der Waals surface area contributed by atoms with E-state index in [9.17, 15) is 9.90 Å². The second kappa shape index (κ2) is 12.3. The van der Waals surface area contributed by atoms with Crippen LogP contribution in [0.5, 0.6) is 11.5 Å². The fraction of sp³-hybridized carbons (Fsp3) is 0.290. The van der Waals surface area contributed by atoms with E-state index in [0.717, 1.165) is 28.9 Å². The molecular formula is C31H35N7O4. The van der Waals surface area contributed by atoms with E-state index in [-0.39, 0.29) is 30.2 Å². The van der Waals surface area contributed by atoms with Crippen molar-refractivity contribution in [1.29, 1.82) is 0 Å². The number of rotatable bonds is 10. The number of nitrogens with two attached hydrogens (primary N) is 2. The van der Waals surface area contributed by atoms with Crippen molar-refractivity contribution in [2.75, 3.05) is 38.8 Å². The van der Waals surface area contributed by atoms with Gasteiger partial charge in [0, 0.05) is 57.1 Å². The highest BCUT2D eigenvalue weighted by Gasteiger charge is 2.30. The summed E-state index contributed by atoms with van der Waals surface area (Å²) < 4.78 is 13.0. The standard InChI is InChI=1S/C31H35N7O4/c1-37-25(17-22(36-37)10-13-39)28-23-7-5-4-6-20(23)8-11-38(28)12-9-26(40)24-15-19(16-27(41-2)29(24)42-3)14-21-18-34-31(33)35-30(21)32/h4-7,9,12,15-18,28,39H,8,10-11,13-14H2,1-3H3,(H4,32,33,34,35). The van der Waals surface area contributed by atoms with Gasteiger partial charge in [0.25, 0.3) is 0 Å². The van der Waals surface area contributed by atoms with Gasteiger partial charge in [0.1, 0.15) is 5.82 Å². The van der Waals surface area contributed by atoms with Gasteiger partial charge in [-0.05, 0) is 41.3 Å². The number of benzene rings is 2. The van der Waals surface area contributed by atoms with E-state index in [1.54, 1.807) is 24.4 Å². The third-order valence-electron chi connectivity index (χ3n) is 7.47. The summed E-state index contributed by atoms with van der Waals surface area (Å²) in [4.78, 5) is 24.0. The Balaban J connectivity index is 1.49. The molecule has 1 aliphatic heterocycles. The number of aryl methyl sites for hydroxylation is 1. The van der Waals surface area contributed by atoms with E-state index >= 15 is 0 Å². The van der Waals surface area contributed by atoms with Gasteiger partial charge in [0.05, 0.1) is 37.2 Å². The third kappa shape index (κ3) is 5.77. The minimum absolute atomic E-state index is 0.0259. The molecule has 4 aromatic rings. The molecule has 0 fully saturated rings. The number of methoxy groups -OCH3 is 2. The van der Waals surface area contributed by atoms with Gasteiger partial charge in [-0.15, -0.1) is 0 Å². The van der Waals surface area contributed by atoms with Crippen LogP contribution in [0.1, 0.15) is 50.0 Å². The predicted molar refractivity (Wildman–Crippen MR) is 159 cm³/mol. The molecular weight excluding hydrogens is 534 g/mol. The predicted octanol–water partition coefficient (Wildman–Crippen LogP) is 2.86. The summed E-state index contributed by atoms with van der Waals surface area (Å²) in [6.07, 6.45) is 6.67. The van der Waals surface area contributed by atoms with Crippen LogP contribution in [0.3, 0.4) is 0 Å². The lowest BCUT2D eigenvalue weighted by Gasteiger charge is -2.36. The minimum Gasteiger partial charge on any atom is -0.493 e. The lowest BCUT2D eigenvalue weighted by molar-refractivity contribution is 0.104. The summed E-state index contributed by atoms with van der Waals surface area (Å²) in [6, 6.07) is 13.8. The summed E-state index contributed by atoms with van der Waals surface area (Å²) in [5.74, 6) is 0.908. The summed E-state index contributed by atoms with van der Waals surface area (Å²) in [5.41, 5.74) is 17.7. The first-order valence-corrected chi connectivity index (χ1v) is 13.6. The van der Waals surface area contributed by atoms with Crippen LogP contribution in [0.4, 0.5) is 11.8 Å². The molecule has 1 unspecified atom stereocenters. The van der Waals surface area contributed by atoms with Crippen molar-refractivity contribution in [2.45, 2.75) is 25.3 Å². The Bertz CT molecular complexity index is 1630. The highest BCUT2D eigenvalue weighted by atomic mass is 16.5. The molecule has 1 atom stereocenters. The molecule has 0 bridgehead atoms. The number of ketones is 1. The number of carbonyl (C=O) groups excluding carboxylic acids is 1. The Labute approximate surface area is 244 Å². The number of aliphatic hydroxyl groups excluding tert-OH is 1. The summed E-state index contributed by atoms with van der Waals surface area (Å²) in [7, 11) is 4.94. The Morgan fingerprint density at radius 1 is 1.17 bits per heavy atom. The molecule has 11 heteroatoms. The van der Waals surface area contributed by atoms with Crippen molar-refractivity contribution in [1.82, 2.24) is 24.6 Å². The van der Waals surface area contributed by atoms with E-state index in [1.807, 2.05) is 36.1 Å². The topological polar surface area (TPSA) is 155 Å². The minimum atomic E-state index is -0.239. The molecule has 42 heavy (non-hydrogen) atoms. The van der Waals surface area contributed by atoms with Crippen molar-refractivity contribution < 1.29 is 19.4 Å². The van der Waals surface area contributed by atoms with Crippen molar-refractivity contribution in [3.63, 3.8) is 0 Å². The number of aromatic nitrogens is 4. The Kier molecular flexibility index (Phi) is 8.39. The maximum atomic E-state index is 13.7. The van der Waals surface area contributed by atoms with Crippen LogP contribution in [0.25, 0.3) is 0 Å². The van der Waals surface area contributed by atoms with E-state index in [4.69, 9.17) is 20.9 Å². The van der Waals surface area contributed by atoms with Crippen LogP contribution in [0.2, 0.25) is 0 Å². The molecule has 0 spiro atoms. The molecule has 3 heterocycles. The van der Waals surface area contributed by atoms with Gasteiger partial charge >= 0.3 is 0 Å². The number of nitrogen functional groups attached to an aromatic ring is 2. The number of nitrogens with zero attached hydrogens (tertiary/aromatic N) is 5. The molecule has 2 aromatic heterocycles. The molecule has 0 amide bonds. The number of aliphatic hydroxyl groups is 1. The second-order valence-electron chi connectivity index (χ2n) is 10.1. The van der Waals surface area contributed by atoms with Gasteiger partial charge in [0.2, 0.25) is 5.95 Å². The first-order chi connectivity index (χ1) is 20.3. The second-order valence-corrected chi connectivity index (χ2v) is 10.1. The quantitative estimate of drug-likeness (QED) is 0.192. The molecule has 218 valence electrons. The number of ether oxygens (including phenoxy) is 2. The fourth-order valence-corrected chi connectivity index (χ4v) is 5.46. The SMILES string of the molecule is COc1cc(Cc2cnc(N)nc2N)cc(C(=O)C=CN2CCc3ccccc3C2c2cc(CCO)nn2C)c1OC. The lowest BCUT2D eigenvalue weighted by atomic mass is 9.90. The number of allylic oxidation sites excluding steroid dienone is 1. The van der Waals surface area contributed by atoms with Gasteiger partial charge in [-0.3, -0.25) is 9.48 Å². The first kappa shape index (κ1) is 28.6. The van der Waals surface area contributed by atoms with Crippen LogP contribution in [-0.4, -0.2) is 62.9 Å². The molecule has 11 nitrogen and oxygen atoms in total. The number of hydrogen-bond acceptors (Lipinski definition) is 10. The highest BCUT2D eigenvalue weighted by Crippen LogP contribution is 2.37. The molecule has 0 saturated carbocycles. The van der Waals surface area contributed by atoms with Crippen molar-refractivity contribution in [2.24, 2.45) is 7.05 Å². The Hall–Kier alpha value is -4.90. The van der Waals surface area contributed by atoms with E-state index in [0.29, 0.717) is 42.0 Å². The molecule has 0 aliphatic carbocycles. The first-order valence-electron chi connectivity index (χ1n) is 13.6. The highest BCUT2D eigenvalue weighted by molar-refractivity contribution is 6.07. The molecule has 0 saturated heterocycles. The van der Waals surface area contributed by atoms with Crippen molar-refractivity contribution >= 4 is 17.5 Å². The zero-order chi connectivity index (χ0) is 29.8. The number of hydrogen-bond donors (Lipinski definition) is 3. The molecule has 1 aliphatic rings. The van der Waals surface area contributed by atoms with E-state index in [1.165, 1.54) is 19.8 Å². The van der Waals surface area contributed by atoms with Crippen molar-refractivity contribution in [3.8, 4) is 11.5 Å². The fourth-order valence-electron chi connectivity index (χ4n) is 5.46.